The van der Waals surface area contributed by atoms with E-state index in [1.54, 1.807) is 0 Å². The number of hydrogen-bond donors (Lipinski definition) is 1. The lowest BCUT2D eigenvalue weighted by molar-refractivity contribution is 0.211. The van der Waals surface area contributed by atoms with Gasteiger partial charge in [0.2, 0.25) is 0 Å². The van der Waals surface area contributed by atoms with Gasteiger partial charge in [0.05, 0.1) is 12.6 Å². The Kier molecular flexibility index (Phi) is 2.25. The van der Waals surface area contributed by atoms with Crippen LogP contribution < -0.4 is 0 Å². The van der Waals surface area contributed by atoms with Crippen molar-refractivity contribution in [2.45, 2.75) is 18.9 Å². The van der Waals surface area contributed by atoms with Crippen LogP contribution in [0.4, 0.5) is 0 Å². The monoisotopic (exact) mass is 179 g/mol. The zero-order valence-corrected chi connectivity index (χ0v) is 7.37. The van der Waals surface area contributed by atoms with E-state index in [2.05, 4.69) is 22.2 Å². The molecule has 4 atom stereocenters. The summed E-state index contributed by atoms with van der Waals surface area (Å²) in [6.07, 6.45) is 6.70. The minimum Gasteiger partial charge on any atom is -0.396 e. The Hall–Kier alpha value is -0.990. The molecule has 0 radical (unpaired) electrons. The minimum atomic E-state index is -0.218. The first-order valence-electron chi connectivity index (χ1n) is 4.68. The van der Waals surface area contributed by atoms with Crippen molar-refractivity contribution in [1.82, 2.24) is 0 Å². The van der Waals surface area contributed by atoms with Crippen molar-refractivity contribution in [1.29, 1.82) is 0 Å². The van der Waals surface area contributed by atoms with Gasteiger partial charge in [0, 0.05) is 4.91 Å². The summed E-state index contributed by atoms with van der Waals surface area (Å²) in [6, 6.07) is -0.218. The topological polar surface area (TPSA) is 69.0 Å². The highest BCUT2D eigenvalue weighted by Crippen LogP contribution is 2.45. The van der Waals surface area contributed by atoms with Gasteiger partial charge in [-0.05, 0) is 36.1 Å². The second-order valence-corrected chi connectivity index (χ2v) is 3.90. The van der Waals surface area contributed by atoms with Crippen LogP contribution >= 0.6 is 0 Å². The van der Waals surface area contributed by atoms with E-state index in [9.17, 15) is 0 Å². The number of aliphatic hydroxyl groups excluding tert-OH is 1. The molecule has 4 nitrogen and oxygen atoms in total. The molecule has 1 saturated carbocycles. The van der Waals surface area contributed by atoms with E-state index in [0.29, 0.717) is 17.8 Å². The van der Waals surface area contributed by atoms with Crippen LogP contribution in [0.15, 0.2) is 17.3 Å². The molecule has 2 bridgehead atoms. The fourth-order valence-electron chi connectivity index (χ4n) is 2.59. The quantitative estimate of drug-likeness (QED) is 0.305. The Morgan fingerprint density at radius 2 is 2.38 bits per heavy atom. The molecule has 0 heterocycles. The van der Waals surface area contributed by atoms with E-state index in [0.717, 1.165) is 6.42 Å². The van der Waals surface area contributed by atoms with Crippen molar-refractivity contribution >= 4 is 0 Å². The van der Waals surface area contributed by atoms with E-state index in [-0.39, 0.29) is 12.6 Å². The second-order valence-electron chi connectivity index (χ2n) is 3.90. The average Bonchev–Trinajstić information content (AvgIpc) is 2.74. The third-order valence-corrected chi connectivity index (χ3v) is 3.21. The van der Waals surface area contributed by atoms with Gasteiger partial charge in [0.1, 0.15) is 0 Å². The van der Waals surface area contributed by atoms with Crippen LogP contribution in [0.1, 0.15) is 12.8 Å². The lowest BCUT2D eigenvalue weighted by Crippen LogP contribution is -2.25. The lowest BCUT2D eigenvalue weighted by Gasteiger charge is -2.22. The standard InChI is InChI=1S/C9H13N3O/c10-12-11-9(5-13)8-4-6-1-2-7(8)3-6/h1-2,6-9,13H,3-5H2. The largest absolute Gasteiger partial charge is 0.396 e. The predicted molar refractivity (Wildman–Crippen MR) is 48.9 cm³/mol. The Morgan fingerprint density at radius 3 is 2.85 bits per heavy atom. The number of allylic oxidation sites excluding steroid dienone is 2. The van der Waals surface area contributed by atoms with Crippen LogP contribution in [0.25, 0.3) is 10.4 Å². The van der Waals surface area contributed by atoms with Gasteiger partial charge >= 0.3 is 0 Å². The SMILES string of the molecule is [N-]=[N+]=NC(CO)C1CC2C=CC1C2. The van der Waals surface area contributed by atoms with Crippen molar-refractivity contribution in [3.05, 3.63) is 22.6 Å². The van der Waals surface area contributed by atoms with Crippen LogP contribution in [0.3, 0.4) is 0 Å². The molecule has 2 aliphatic carbocycles. The number of azide groups is 1. The summed E-state index contributed by atoms with van der Waals surface area (Å²) in [4.78, 5) is 2.78. The van der Waals surface area contributed by atoms with Crippen molar-refractivity contribution in [2.24, 2.45) is 22.9 Å². The van der Waals surface area contributed by atoms with Gasteiger partial charge in [-0.25, -0.2) is 0 Å². The lowest BCUT2D eigenvalue weighted by atomic mass is 9.87. The summed E-state index contributed by atoms with van der Waals surface area (Å²) < 4.78 is 0. The first-order valence-corrected chi connectivity index (χ1v) is 4.68. The van der Waals surface area contributed by atoms with Gasteiger partial charge in [0.25, 0.3) is 0 Å². The maximum atomic E-state index is 9.06. The molecule has 0 aromatic carbocycles. The van der Waals surface area contributed by atoms with Gasteiger partial charge in [-0.3, -0.25) is 0 Å². The molecule has 70 valence electrons. The molecule has 1 fully saturated rings. The highest BCUT2D eigenvalue weighted by molar-refractivity contribution is 5.12. The van der Waals surface area contributed by atoms with Crippen LogP contribution in [0.2, 0.25) is 0 Å². The van der Waals surface area contributed by atoms with Gasteiger partial charge in [-0.2, -0.15) is 0 Å². The van der Waals surface area contributed by atoms with Crippen LogP contribution in [0, 0.1) is 17.8 Å². The Morgan fingerprint density at radius 1 is 1.54 bits per heavy atom. The van der Waals surface area contributed by atoms with Crippen LogP contribution in [-0.2, 0) is 0 Å². The zero-order chi connectivity index (χ0) is 9.26. The van der Waals surface area contributed by atoms with Gasteiger partial charge < -0.3 is 5.11 Å². The Labute approximate surface area is 76.9 Å². The molecule has 13 heavy (non-hydrogen) atoms. The molecule has 0 aromatic heterocycles. The minimum absolute atomic E-state index is 0.0220. The maximum Gasteiger partial charge on any atom is 0.0639 e. The van der Waals surface area contributed by atoms with Gasteiger partial charge in [0.15, 0.2) is 0 Å². The summed E-state index contributed by atoms with van der Waals surface area (Å²) in [5.41, 5.74) is 8.33. The summed E-state index contributed by atoms with van der Waals surface area (Å²) in [7, 11) is 0. The third kappa shape index (κ3) is 1.43. The van der Waals surface area contributed by atoms with Crippen molar-refractivity contribution < 1.29 is 5.11 Å². The van der Waals surface area contributed by atoms with E-state index in [4.69, 9.17) is 10.6 Å². The summed E-state index contributed by atoms with van der Waals surface area (Å²) in [5.74, 6) is 1.57. The fourth-order valence-corrected chi connectivity index (χ4v) is 2.59. The van der Waals surface area contributed by atoms with Crippen molar-refractivity contribution in [3.63, 3.8) is 0 Å². The van der Waals surface area contributed by atoms with Gasteiger partial charge in [-0.15, -0.1) is 0 Å². The smallest absolute Gasteiger partial charge is 0.0639 e. The molecule has 0 saturated heterocycles. The van der Waals surface area contributed by atoms with Crippen LogP contribution in [-0.4, -0.2) is 17.8 Å². The van der Waals surface area contributed by atoms with E-state index in [1.807, 2.05) is 0 Å². The molecule has 2 aliphatic rings. The number of nitrogens with zero attached hydrogens (tertiary/aromatic N) is 3. The molecule has 4 heteroatoms. The molecular weight excluding hydrogens is 166 g/mol. The van der Waals surface area contributed by atoms with Crippen molar-refractivity contribution in [3.8, 4) is 0 Å². The number of rotatable bonds is 3. The molecule has 0 aromatic rings. The first kappa shape index (κ1) is 8.60. The van der Waals surface area contributed by atoms with Crippen LogP contribution in [0.5, 0.6) is 0 Å². The highest BCUT2D eigenvalue weighted by Gasteiger charge is 2.39. The van der Waals surface area contributed by atoms with E-state index < -0.39 is 0 Å². The maximum absolute atomic E-state index is 9.06. The van der Waals surface area contributed by atoms with Gasteiger partial charge in [-0.1, -0.05) is 17.3 Å². The molecular formula is C9H13N3O. The normalized spacial score (nSPS) is 37.5. The highest BCUT2D eigenvalue weighted by atomic mass is 16.3. The summed E-state index contributed by atoms with van der Waals surface area (Å²) >= 11 is 0. The molecule has 0 aliphatic heterocycles. The zero-order valence-electron chi connectivity index (χ0n) is 7.37. The molecule has 2 rings (SSSR count). The number of fused-ring (bicyclic) bond motifs is 2. The summed E-state index contributed by atoms with van der Waals surface area (Å²) in [6.45, 7) is -0.0220. The average molecular weight is 179 g/mol. The molecule has 4 unspecified atom stereocenters. The number of aliphatic hydroxyl groups is 1. The Balaban J connectivity index is 2.08. The van der Waals surface area contributed by atoms with E-state index in [1.165, 1.54) is 6.42 Å². The van der Waals surface area contributed by atoms with E-state index >= 15 is 0 Å². The van der Waals surface area contributed by atoms with Crippen molar-refractivity contribution in [2.75, 3.05) is 6.61 Å². The number of hydrogen-bond acceptors (Lipinski definition) is 2. The molecule has 0 amide bonds. The first-order chi connectivity index (χ1) is 6.35. The summed E-state index contributed by atoms with van der Waals surface area (Å²) in [5, 5.41) is 12.7. The Bertz CT molecular complexity index is 270. The molecule has 1 N–H and O–H groups in total. The second kappa shape index (κ2) is 3.40. The third-order valence-electron chi connectivity index (χ3n) is 3.21. The molecule has 0 spiro atoms. The fraction of sp³-hybridized carbons (Fsp3) is 0.778. The predicted octanol–water partition coefficient (Wildman–Crippen LogP) is 1.87.